The molecule has 0 fully saturated rings. The molecule has 2 unspecified atom stereocenters. The van der Waals surface area contributed by atoms with E-state index < -0.39 is 12.2 Å². The van der Waals surface area contributed by atoms with Crippen molar-refractivity contribution in [3.8, 4) is 6.01 Å². The number of hydrogen-bond donors (Lipinski definition) is 2. The third-order valence-corrected chi connectivity index (χ3v) is 2.40. The Bertz CT molecular complexity index is 294. The SMILES string of the molecule is COc1ncc(C(O)C(O)CCBr)cn1. The summed E-state index contributed by atoms with van der Waals surface area (Å²) in [5.41, 5.74) is 0.476. The number of methoxy groups -OCH3 is 1. The molecule has 1 heterocycles. The van der Waals surface area contributed by atoms with Crippen LogP contribution in [0, 0.1) is 0 Å². The van der Waals surface area contributed by atoms with E-state index in [1.165, 1.54) is 19.5 Å². The number of ether oxygens (including phenoxy) is 1. The highest BCUT2D eigenvalue weighted by atomic mass is 79.9. The van der Waals surface area contributed by atoms with Crippen LogP contribution in [0.15, 0.2) is 12.4 Å². The minimum Gasteiger partial charge on any atom is -0.467 e. The van der Waals surface area contributed by atoms with E-state index in [2.05, 4.69) is 25.9 Å². The zero-order valence-corrected chi connectivity index (χ0v) is 9.88. The van der Waals surface area contributed by atoms with E-state index in [9.17, 15) is 10.2 Å². The van der Waals surface area contributed by atoms with Gasteiger partial charge in [0.05, 0.1) is 13.2 Å². The van der Waals surface area contributed by atoms with Crippen LogP contribution < -0.4 is 4.74 Å². The second-order valence-electron chi connectivity index (χ2n) is 2.99. The molecule has 6 heteroatoms. The van der Waals surface area contributed by atoms with Crippen LogP contribution in [0.4, 0.5) is 0 Å². The van der Waals surface area contributed by atoms with Crippen molar-refractivity contribution in [2.45, 2.75) is 18.6 Å². The second-order valence-corrected chi connectivity index (χ2v) is 3.79. The summed E-state index contributed by atoms with van der Waals surface area (Å²) >= 11 is 3.19. The van der Waals surface area contributed by atoms with Gasteiger partial charge in [0.1, 0.15) is 6.10 Å². The normalized spacial score (nSPS) is 14.7. The van der Waals surface area contributed by atoms with Gasteiger partial charge in [0.25, 0.3) is 0 Å². The molecule has 0 saturated carbocycles. The Hall–Kier alpha value is -0.720. The van der Waals surface area contributed by atoms with Gasteiger partial charge in [-0.1, -0.05) is 15.9 Å². The molecule has 84 valence electrons. The Labute approximate surface area is 96.3 Å². The smallest absolute Gasteiger partial charge is 0.316 e. The summed E-state index contributed by atoms with van der Waals surface area (Å²) < 4.78 is 4.78. The number of hydrogen-bond acceptors (Lipinski definition) is 5. The Balaban J connectivity index is 2.69. The fourth-order valence-electron chi connectivity index (χ4n) is 1.08. The van der Waals surface area contributed by atoms with Crippen LogP contribution in [-0.4, -0.2) is 38.7 Å². The summed E-state index contributed by atoms with van der Waals surface area (Å²) in [4.78, 5) is 7.69. The van der Waals surface area contributed by atoms with Gasteiger partial charge in [0.15, 0.2) is 0 Å². The van der Waals surface area contributed by atoms with Crippen molar-refractivity contribution in [2.24, 2.45) is 0 Å². The Morgan fingerprint density at radius 1 is 1.40 bits per heavy atom. The van der Waals surface area contributed by atoms with E-state index >= 15 is 0 Å². The maximum Gasteiger partial charge on any atom is 0.316 e. The zero-order chi connectivity index (χ0) is 11.3. The molecule has 0 spiro atoms. The largest absolute Gasteiger partial charge is 0.467 e. The van der Waals surface area contributed by atoms with Crippen LogP contribution >= 0.6 is 15.9 Å². The molecule has 1 aromatic heterocycles. The Morgan fingerprint density at radius 2 is 2.00 bits per heavy atom. The van der Waals surface area contributed by atoms with Crippen molar-refractivity contribution in [3.05, 3.63) is 18.0 Å². The lowest BCUT2D eigenvalue weighted by Crippen LogP contribution is -2.19. The van der Waals surface area contributed by atoms with Crippen molar-refractivity contribution in [1.29, 1.82) is 0 Å². The van der Waals surface area contributed by atoms with Crippen molar-refractivity contribution in [2.75, 3.05) is 12.4 Å². The van der Waals surface area contributed by atoms with Crippen molar-refractivity contribution < 1.29 is 14.9 Å². The average molecular weight is 277 g/mol. The minimum absolute atomic E-state index is 0.237. The lowest BCUT2D eigenvalue weighted by molar-refractivity contribution is 0.0169. The second kappa shape index (κ2) is 5.99. The molecule has 0 aliphatic rings. The quantitative estimate of drug-likeness (QED) is 0.773. The van der Waals surface area contributed by atoms with Crippen LogP contribution in [0.1, 0.15) is 18.1 Å². The van der Waals surface area contributed by atoms with E-state index in [0.29, 0.717) is 17.3 Å². The van der Waals surface area contributed by atoms with Crippen LogP contribution in [0.2, 0.25) is 0 Å². The standard InChI is InChI=1S/C9H13BrN2O3/c1-15-9-11-4-6(5-12-9)8(14)7(13)2-3-10/h4-5,7-8,13-14H,2-3H2,1H3. The highest BCUT2D eigenvalue weighted by Crippen LogP contribution is 2.18. The Kier molecular flexibility index (Phi) is 4.93. The molecule has 0 aliphatic carbocycles. The topological polar surface area (TPSA) is 75.5 Å². The number of alkyl halides is 1. The third kappa shape index (κ3) is 3.40. The van der Waals surface area contributed by atoms with Crippen LogP contribution in [-0.2, 0) is 0 Å². The van der Waals surface area contributed by atoms with Gasteiger partial charge in [0, 0.05) is 23.3 Å². The van der Waals surface area contributed by atoms with E-state index in [4.69, 9.17) is 4.74 Å². The summed E-state index contributed by atoms with van der Waals surface area (Å²) in [7, 11) is 1.46. The monoisotopic (exact) mass is 276 g/mol. The van der Waals surface area contributed by atoms with Gasteiger partial charge < -0.3 is 14.9 Å². The number of halogens is 1. The summed E-state index contributed by atoms with van der Waals surface area (Å²) in [5.74, 6) is 0. The van der Waals surface area contributed by atoms with Crippen LogP contribution in [0.3, 0.4) is 0 Å². The van der Waals surface area contributed by atoms with Crippen LogP contribution in [0.5, 0.6) is 6.01 Å². The first kappa shape index (κ1) is 12.4. The molecular weight excluding hydrogens is 264 g/mol. The van der Waals surface area contributed by atoms with Gasteiger partial charge in [-0.05, 0) is 6.42 Å². The fourth-order valence-corrected chi connectivity index (χ4v) is 1.55. The van der Waals surface area contributed by atoms with Crippen molar-refractivity contribution >= 4 is 15.9 Å². The molecule has 0 aliphatic heterocycles. The number of nitrogens with zero attached hydrogens (tertiary/aromatic N) is 2. The average Bonchev–Trinajstić information content (AvgIpc) is 2.28. The van der Waals surface area contributed by atoms with E-state index in [1.54, 1.807) is 0 Å². The molecular formula is C9H13BrN2O3. The molecule has 2 atom stereocenters. The molecule has 0 bridgehead atoms. The molecule has 15 heavy (non-hydrogen) atoms. The van der Waals surface area contributed by atoms with Gasteiger partial charge in [0.2, 0.25) is 0 Å². The predicted molar refractivity (Wildman–Crippen MR) is 58.0 cm³/mol. The van der Waals surface area contributed by atoms with Gasteiger partial charge in [-0.3, -0.25) is 0 Å². The molecule has 0 aromatic carbocycles. The number of rotatable bonds is 5. The van der Waals surface area contributed by atoms with E-state index in [0.717, 1.165) is 0 Å². The molecule has 0 amide bonds. The molecule has 1 aromatic rings. The third-order valence-electron chi connectivity index (χ3n) is 1.94. The number of aliphatic hydroxyl groups is 2. The predicted octanol–water partition coefficient (Wildman–Crippen LogP) is 0.664. The molecule has 1 rings (SSSR count). The highest BCUT2D eigenvalue weighted by molar-refractivity contribution is 9.09. The number of aliphatic hydroxyl groups excluding tert-OH is 2. The molecule has 2 N–H and O–H groups in total. The zero-order valence-electron chi connectivity index (χ0n) is 8.30. The number of aromatic nitrogens is 2. The lowest BCUT2D eigenvalue weighted by Gasteiger charge is -2.16. The highest BCUT2D eigenvalue weighted by Gasteiger charge is 2.18. The summed E-state index contributed by atoms with van der Waals surface area (Å²) in [6, 6.07) is 0.237. The minimum atomic E-state index is -0.964. The summed E-state index contributed by atoms with van der Waals surface area (Å²) in [5, 5.41) is 19.9. The first-order valence-electron chi connectivity index (χ1n) is 4.47. The summed E-state index contributed by atoms with van der Waals surface area (Å²) in [6.07, 6.45) is 1.56. The molecule has 5 nitrogen and oxygen atoms in total. The van der Waals surface area contributed by atoms with Crippen molar-refractivity contribution in [3.63, 3.8) is 0 Å². The molecule has 0 saturated heterocycles. The summed E-state index contributed by atoms with van der Waals surface area (Å²) in [6.45, 7) is 0. The van der Waals surface area contributed by atoms with Gasteiger partial charge in [-0.25, -0.2) is 9.97 Å². The fraction of sp³-hybridized carbons (Fsp3) is 0.556. The maximum atomic E-state index is 9.69. The first-order chi connectivity index (χ1) is 7.19. The van der Waals surface area contributed by atoms with Crippen molar-refractivity contribution in [1.82, 2.24) is 9.97 Å². The van der Waals surface area contributed by atoms with Crippen LogP contribution in [0.25, 0.3) is 0 Å². The maximum absolute atomic E-state index is 9.69. The van der Waals surface area contributed by atoms with E-state index in [1.807, 2.05) is 0 Å². The van der Waals surface area contributed by atoms with E-state index in [-0.39, 0.29) is 6.01 Å². The Morgan fingerprint density at radius 3 is 2.47 bits per heavy atom. The van der Waals surface area contributed by atoms with Gasteiger partial charge >= 0.3 is 6.01 Å². The van der Waals surface area contributed by atoms with Gasteiger partial charge in [-0.2, -0.15) is 0 Å². The molecule has 0 radical (unpaired) electrons. The van der Waals surface area contributed by atoms with Gasteiger partial charge in [-0.15, -0.1) is 0 Å². The first-order valence-corrected chi connectivity index (χ1v) is 5.59. The lowest BCUT2D eigenvalue weighted by atomic mass is 10.1.